The molecule has 0 atom stereocenters. The monoisotopic (exact) mass is 367 g/mol. The van der Waals surface area contributed by atoms with Crippen LogP contribution in [0.4, 0.5) is 0 Å². The third-order valence-electron chi connectivity index (χ3n) is 5.41. The van der Waals surface area contributed by atoms with Crippen molar-refractivity contribution in [3.8, 4) is 5.75 Å². The van der Waals surface area contributed by atoms with Crippen LogP contribution in [0.2, 0.25) is 0 Å². The predicted octanol–water partition coefficient (Wildman–Crippen LogP) is 3.27. The van der Waals surface area contributed by atoms with Gasteiger partial charge in [0, 0.05) is 13.1 Å². The van der Waals surface area contributed by atoms with Crippen molar-refractivity contribution in [2.75, 3.05) is 19.7 Å². The number of benzene rings is 2. The highest BCUT2D eigenvalue weighted by Gasteiger charge is 2.43. The summed E-state index contributed by atoms with van der Waals surface area (Å²) in [5.74, 6) is -0.198. The van der Waals surface area contributed by atoms with Gasteiger partial charge in [-0.3, -0.25) is 9.59 Å². The molecule has 5 heteroatoms. The van der Waals surface area contributed by atoms with E-state index in [9.17, 15) is 14.7 Å². The van der Waals surface area contributed by atoms with E-state index >= 15 is 0 Å². The quantitative estimate of drug-likeness (QED) is 0.851. The van der Waals surface area contributed by atoms with E-state index in [1.54, 1.807) is 4.90 Å². The average molecular weight is 367 g/mol. The molecule has 0 spiro atoms. The highest BCUT2D eigenvalue weighted by atomic mass is 16.5. The van der Waals surface area contributed by atoms with E-state index in [1.807, 2.05) is 61.5 Å². The normalized spacial score (nSPS) is 16.0. The molecule has 0 unspecified atom stereocenters. The molecule has 1 amide bonds. The first-order chi connectivity index (χ1) is 13.1. The molecule has 1 heterocycles. The zero-order valence-electron chi connectivity index (χ0n) is 15.6. The van der Waals surface area contributed by atoms with E-state index in [0.717, 1.165) is 23.3 Å². The lowest BCUT2D eigenvalue weighted by Gasteiger charge is -2.39. The number of carbonyl (C=O) groups excluding carboxylic acids is 1. The number of aliphatic carboxylic acids is 1. The van der Waals surface area contributed by atoms with Gasteiger partial charge in [0.1, 0.15) is 5.75 Å². The fraction of sp³-hybridized carbons (Fsp3) is 0.364. The van der Waals surface area contributed by atoms with Crippen LogP contribution in [0.3, 0.4) is 0 Å². The van der Waals surface area contributed by atoms with E-state index in [1.165, 1.54) is 0 Å². The molecule has 0 bridgehead atoms. The first-order valence-corrected chi connectivity index (χ1v) is 9.34. The molecule has 0 aliphatic carbocycles. The number of aryl methyl sites for hydroxylation is 1. The van der Waals surface area contributed by atoms with Gasteiger partial charge in [-0.25, -0.2) is 0 Å². The van der Waals surface area contributed by atoms with Crippen LogP contribution < -0.4 is 4.74 Å². The van der Waals surface area contributed by atoms with Gasteiger partial charge in [0.25, 0.3) is 5.91 Å². The summed E-state index contributed by atoms with van der Waals surface area (Å²) in [7, 11) is 0. The molecule has 1 fully saturated rings. The first-order valence-electron chi connectivity index (χ1n) is 9.34. The van der Waals surface area contributed by atoms with Gasteiger partial charge in [-0.1, -0.05) is 55.5 Å². The van der Waals surface area contributed by atoms with Crippen molar-refractivity contribution >= 4 is 11.9 Å². The summed E-state index contributed by atoms with van der Waals surface area (Å²) >= 11 is 0. The molecule has 1 aliphatic heterocycles. The maximum atomic E-state index is 12.5. The molecular formula is C22H25NO4. The van der Waals surface area contributed by atoms with E-state index in [4.69, 9.17) is 4.74 Å². The van der Waals surface area contributed by atoms with Crippen LogP contribution in [0.1, 0.15) is 30.9 Å². The van der Waals surface area contributed by atoms with Gasteiger partial charge in [-0.15, -0.1) is 0 Å². The summed E-state index contributed by atoms with van der Waals surface area (Å²) in [6, 6.07) is 17.0. The Labute approximate surface area is 159 Å². The lowest BCUT2D eigenvalue weighted by Crippen LogP contribution is -2.50. The minimum Gasteiger partial charge on any atom is -0.483 e. The molecule has 1 saturated heterocycles. The minimum absolute atomic E-state index is 0.0254. The third-order valence-corrected chi connectivity index (χ3v) is 5.41. The second-order valence-corrected chi connectivity index (χ2v) is 6.88. The molecule has 1 N–H and O–H groups in total. The Kier molecular flexibility index (Phi) is 5.79. The Morgan fingerprint density at radius 2 is 1.67 bits per heavy atom. The van der Waals surface area contributed by atoms with Crippen molar-refractivity contribution in [2.45, 2.75) is 31.6 Å². The van der Waals surface area contributed by atoms with Crippen molar-refractivity contribution < 1.29 is 19.4 Å². The standard InChI is InChI=1S/C22H25NO4/c1-2-17-8-6-7-11-19(17)27-16-20(24)23-14-12-22(13-15-23,21(25)26)18-9-4-3-5-10-18/h3-11H,2,12-16H2,1H3,(H,25,26). The van der Waals surface area contributed by atoms with Crippen molar-refractivity contribution in [3.05, 3.63) is 65.7 Å². The smallest absolute Gasteiger partial charge is 0.314 e. The molecule has 0 radical (unpaired) electrons. The van der Waals surface area contributed by atoms with Gasteiger partial charge in [0.05, 0.1) is 5.41 Å². The minimum atomic E-state index is -0.923. The van der Waals surface area contributed by atoms with Crippen LogP contribution in [0.5, 0.6) is 5.75 Å². The van der Waals surface area contributed by atoms with E-state index in [2.05, 4.69) is 0 Å². The van der Waals surface area contributed by atoms with Crippen LogP contribution in [0.15, 0.2) is 54.6 Å². The Morgan fingerprint density at radius 3 is 2.30 bits per heavy atom. The second-order valence-electron chi connectivity index (χ2n) is 6.88. The van der Waals surface area contributed by atoms with Crippen LogP contribution in [-0.4, -0.2) is 41.6 Å². The van der Waals surface area contributed by atoms with Crippen LogP contribution in [0.25, 0.3) is 0 Å². The number of carboxylic acids is 1. The number of nitrogens with zero attached hydrogens (tertiary/aromatic N) is 1. The first kappa shape index (κ1) is 19.0. The number of amides is 1. The largest absolute Gasteiger partial charge is 0.483 e. The molecule has 142 valence electrons. The zero-order chi connectivity index (χ0) is 19.3. The van der Waals surface area contributed by atoms with Gasteiger partial charge in [-0.05, 0) is 36.5 Å². The Hall–Kier alpha value is -2.82. The number of hydrogen-bond donors (Lipinski definition) is 1. The molecule has 0 saturated carbocycles. The fourth-order valence-corrected chi connectivity index (χ4v) is 3.69. The maximum absolute atomic E-state index is 12.5. The molecule has 3 rings (SSSR count). The van der Waals surface area contributed by atoms with Crippen molar-refractivity contribution in [1.82, 2.24) is 4.90 Å². The number of carbonyl (C=O) groups is 2. The van der Waals surface area contributed by atoms with E-state index < -0.39 is 11.4 Å². The SMILES string of the molecule is CCc1ccccc1OCC(=O)N1CCC(C(=O)O)(c2ccccc2)CC1. The number of rotatable bonds is 6. The molecular weight excluding hydrogens is 342 g/mol. The number of hydrogen-bond acceptors (Lipinski definition) is 3. The topological polar surface area (TPSA) is 66.8 Å². The number of piperidine rings is 1. The fourth-order valence-electron chi connectivity index (χ4n) is 3.69. The van der Waals surface area contributed by atoms with Gasteiger partial charge < -0.3 is 14.7 Å². The van der Waals surface area contributed by atoms with E-state index in [-0.39, 0.29) is 12.5 Å². The van der Waals surface area contributed by atoms with Crippen molar-refractivity contribution in [2.24, 2.45) is 0 Å². The Morgan fingerprint density at radius 1 is 1.04 bits per heavy atom. The number of para-hydroxylation sites is 1. The van der Waals surface area contributed by atoms with Gasteiger partial charge in [-0.2, -0.15) is 0 Å². The number of likely N-dealkylation sites (tertiary alicyclic amines) is 1. The Bertz CT molecular complexity index is 795. The van der Waals surface area contributed by atoms with Crippen molar-refractivity contribution in [3.63, 3.8) is 0 Å². The summed E-state index contributed by atoms with van der Waals surface area (Å²) in [4.78, 5) is 26.3. The highest BCUT2D eigenvalue weighted by Crippen LogP contribution is 2.36. The van der Waals surface area contributed by atoms with Crippen molar-refractivity contribution in [1.29, 1.82) is 0 Å². The van der Waals surface area contributed by atoms with Crippen LogP contribution in [-0.2, 0) is 21.4 Å². The number of carboxylic acid groups (broad SMARTS) is 1. The third kappa shape index (κ3) is 3.97. The lowest BCUT2D eigenvalue weighted by atomic mass is 9.73. The highest BCUT2D eigenvalue weighted by molar-refractivity contribution is 5.83. The van der Waals surface area contributed by atoms with Gasteiger partial charge in [0.2, 0.25) is 0 Å². The van der Waals surface area contributed by atoms with Gasteiger partial charge >= 0.3 is 5.97 Å². The summed E-state index contributed by atoms with van der Waals surface area (Å²) in [6.07, 6.45) is 1.65. The van der Waals surface area contributed by atoms with Crippen LogP contribution in [0, 0.1) is 0 Å². The number of ether oxygens (including phenoxy) is 1. The molecule has 0 aromatic heterocycles. The van der Waals surface area contributed by atoms with E-state index in [0.29, 0.717) is 25.9 Å². The summed E-state index contributed by atoms with van der Waals surface area (Å²) in [6.45, 7) is 2.85. The summed E-state index contributed by atoms with van der Waals surface area (Å²) in [5.41, 5.74) is 0.948. The van der Waals surface area contributed by atoms with Crippen LogP contribution >= 0.6 is 0 Å². The second kappa shape index (κ2) is 8.25. The lowest BCUT2D eigenvalue weighted by molar-refractivity contribution is -0.148. The Balaban J connectivity index is 1.62. The zero-order valence-corrected chi connectivity index (χ0v) is 15.6. The molecule has 5 nitrogen and oxygen atoms in total. The molecule has 27 heavy (non-hydrogen) atoms. The molecule has 2 aromatic rings. The maximum Gasteiger partial charge on any atom is 0.314 e. The van der Waals surface area contributed by atoms with Gasteiger partial charge in [0.15, 0.2) is 6.61 Å². The summed E-state index contributed by atoms with van der Waals surface area (Å²) < 4.78 is 5.72. The molecule has 2 aromatic carbocycles. The summed E-state index contributed by atoms with van der Waals surface area (Å²) in [5, 5.41) is 9.85. The predicted molar refractivity (Wildman–Crippen MR) is 103 cm³/mol. The average Bonchev–Trinajstić information content (AvgIpc) is 2.72. The molecule has 1 aliphatic rings.